The van der Waals surface area contributed by atoms with Gasteiger partial charge in [-0.05, 0) is 30.7 Å². The molecule has 0 spiro atoms. The number of methoxy groups -OCH3 is 1. The van der Waals surface area contributed by atoms with Crippen molar-refractivity contribution >= 4 is 5.69 Å². The van der Waals surface area contributed by atoms with Gasteiger partial charge in [0, 0.05) is 19.3 Å². The van der Waals surface area contributed by atoms with Crippen molar-refractivity contribution in [2.45, 2.75) is 71.1 Å². The van der Waals surface area contributed by atoms with E-state index in [4.69, 9.17) is 4.74 Å². The highest BCUT2D eigenvalue weighted by atomic mass is 16.5. The number of benzene rings is 1. The zero-order chi connectivity index (χ0) is 16.0. The van der Waals surface area contributed by atoms with E-state index >= 15 is 0 Å². The minimum absolute atomic E-state index is 0.927. The third kappa shape index (κ3) is 8.31. The molecule has 0 fully saturated rings. The number of unbranched alkanes of at least 4 members (excludes halogenated alkanes) is 9. The van der Waals surface area contributed by atoms with Crippen LogP contribution in [0.2, 0.25) is 0 Å². The third-order valence-corrected chi connectivity index (χ3v) is 4.36. The van der Waals surface area contributed by atoms with Crippen molar-refractivity contribution in [3.63, 3.8) is 0 Å². The predicted molar refractivity (Wildman–Crippen MR) is 98.1 cm³/mol. The van der Waals surface area contributed by atoms with E-state index in [-0.39, 0.29) is 0 Å². The van der Waals surface area contributed by atoms with Gasteiger partial charge in [0.1, 0.15) is 5.75 Å². The second-order valence-corrected chi connectivity index (χ2v) is 6.30. The molecule has 0 saturated heterocycles. The summed E-state index contributed by atoms with van der Waals surface area (Å²) in [6.07, 6.45) is 14.0. The lowest BCUT2D eigenvalue weighted by Crippen LogP contribution is -2.18. The lowest BCUT2D eigenvalue weighted by molar-refractivity contribution is 0.415. The molecule has 1 aromatic rings. The van der Waals surface area contributed by atoms with E-state index in [1.165, 1.54) is 69.9 Å². The monoisotopic (exact) mass is 305 g/mol. The molecule has 0 N–H and O–H groups in total. The summed E-state index contributed by atoms with van der Waals surface area (Å²) in [5, 5.41) is 0. The van der Waals surface area contributed by atoms with Crippen molar-refractivity contribution in [2.75, 3.05) is 25.6 Å². The second-order valence-electron chi connectivity index (χ2n) is 6.30. The fourth-order valence-corrected chi connectivity index (χ4v) is 2.80. The fourth-order valence-electron chi connectivity index (χ4n) is 2.80. The van der Waals surface area contributed by atoms with Gasteiger partial charge in [-0.3, -0.25) is 0 Å². The van der Waals surface area contributed by atoms with Gasteiger partial charge in [0.25, 0.3) is 0 Å². The van der Waals surface area contributed by atoms with E-state index in [1.54, 1.807) is 7.11 Å². The van der Waals surface area contributed by atoms with Gasteiger partial charge in [0.15, 0.2) is 0 Å². The van der Waals surface area contributed by atoms with Crippen molar-refractivity contribution in [3.8, 4) is 5.75 Å². The van der Waals surface area contributed by atoms with Gasteiger partial charge in [-0.1, -0.05) is 64.7 Å². The normalized spacial score (nSPS) is 10.7. The van der Waals surface area contributed by atoms with Crippen LogP contribution in [-0.2, 0) is 0 Å². The van der Waals surface area contributed by atoms with E-state index in [9.17, 15) is 0 Å². The summed E-state index contributed by atoms with van der Waals surface area (Å²) >= 11 is 0. The average molecular weight is 306 g/mol. The highest BCUT2D eigenvalue weighted by Gasteiger charge is 2.01. The highest BCUT2D eigenvalue weighted by Crippen LogP contribution is 2.18. The lowest BCUT2D eigenvalue weighted by atomic mass is 10.1. The van der Waals surface area contributed by atoms with Crippen LogP contribution in [0.25, 0.3) is 0 Å². The smallest absolute Gasteiger partial charge is 0.119 e. The van der Waals surface area contributed by atoms with Crippen LogP contribution in [-0.4, -0.2) is 20.7 Å². The van der Waals surface area contributed by atoms with E-state index < -0.39 is 0 Å². The molecule has 2 nitrogen and oxygen atoms in total. The molecule has 0 amide bonds. The molecule has 1 aromatic carbocycles. The third-order valence-electron chi connectivity index (χ3n) is 4.36. The summed E-state index contributed by atoms with van der Waals surface area (Å²) < 4.78 is 5.20. The fraction of sp³-hybridized carbons (Fsp3) is 0.700. The van der Waals surface area contributed by atoms with Crippen molar-refractivity contribution in [3.05, 3.63) is 24.3 Å². The molecule has 0 heterocycles. The SMILES string of the molecule is CCCCCCCCCCCCN(C)c1ccc(OC)cc1. The Bertz CT molecular complexity index is 360. The molecule has 2 heteroatoms. The molecule has 0 atom stereocenters. The van der Waals surface area contributed by atoms with Crippen LogP contribution in [0.4, 0.5) is 5.69 Å². The van der Waals surface area contributed by atoms with E-state index in [0.29, 0.717) is 0 Å². The summed E-state index contributed by atoms with van der Waals surface area (Å²) in [5.41, 5.74) is 1.27. The molecule has 1 rings (SSSR count). The molecule has 0 unspecified atom stereocenters. The van der Waals surface area contributed by atoms with Crippen LogP contribution in [0, 0.1) is 0 Å². The number of rotatable bonds is 13. The van der Waals surface area contributed by atoms with Gasteiger partial charge < -0.3 is 9.64 Å². The maximum Gasteiger partial charge on any atom is 0.119 e. The van der Waals surface area contributed by atoms with Crippen LogP contribution in [0.5, 0.6) is 5.75 Å². The first kappa shape index (κ1) is 18.9. The minimum Gasteiger partial charge on any atom is -0.497 e. The van der Waals surface area contributed by atoms with E-state index in [0.717, 1.165) is 12.3 Å². The zero-order valence-electron chi connectivity index (χ0n) is 14.9. The van der Waals surface area contributed by atoms with Gasteiger partial charge in [0.2, 0.25) is 0 Å². The Morgan fingerprint density at radius 1 is 0.773 bits per heavy atom. The largest absolute Gasteiger partial charge is 0.497 e. The zero-order valence-corrected chi connectivity index (χ0v) is 14.9. The first-order valence-corrected chi connectivity index (χ1v) is 9.13. The summed E-state index contributed by atoms with van der Waals surface area (Å²) in [4.78, 5) is 2.34. The molecule has 126 valence electrons. The molecule has 0 radical (unpaired) electrons. The number of ether oxygens (including phenoxy) is 1. The van der Waals surface area contributed by atoms with E-state index in [1.807, 2.05) is 12.1 Å². The quantitative estimate of drug-likeness (QED) is 0.411. The second kappa shape index (κ2) is 12.4. The summed E-state index contributed by atoms with van der Waals surface area (Å²) in [7, 11) is 3.89. The maximum atomic E-state index is 5.20. The lowest BCUT2D eigenvalue weighted by Gasteiger charge is -2.19. The molecule has 22 heavy (non-hydrogen) atoms. The van der Waals surface area contributed by atoms with Crippen LogP contribution in [0.15, 0.2) is 24.3 Å². The van der Waals surface area contributed by atoms with Crippen molar-refractivity contribution in [2.24, 2.45) is 0 Å². The topological polar surface area (TPSA) is 12.5 Å². The minimum atomic E-state index is 0.927. The van der Waals surface area contributed by atoms with Crippen molar-refractivity contribution in [1.29, 1.82) is 0 Å². The van der Waals surface area contributed by atoms with Crippen LogP contribution < -0.4 is 9.64 Å². The Labute approximate surface area is 137 Å². The van der Waals surface area contributed by atoms with Gasteiger partial charge in [-0.25, -0.2) is 0 Å². The Kier molecular flexibility index (Phi) is 10.6. The average Bonchev–Trinajstić information content (AvgIpc) is 2.56. The van der Waals surface area contributed by atoms with Crippen LogP contribution >= 0.6 is 0 Å². The molecule has 0 aromatic heterocycles. The molecule has 0 aliphatic carbocycles. The number of hydrogen-bond acceptors (Lipinski definition) is 2. The van der Waals surface area contributed by atoms with Crippen molar-refractivity contribution < 1.29 is 4.74 Å². The Morgan fingerprint density at radius 3 is 1.77 bits per heavy atom. The van der Waals surface area contributed by atoms with E-state index in [2.05, 4.69) is 31.0 Å². The van der Waals surface area contributed by atoms with Crippen LogP contribution in [0.3, 0.4) is 0 Å². The molecule has 0 saturated carbocycles. The van der Waals surface area contributed by atoms with Crippen molar-refractivity contribution in [1.82, 2.24) is 0 Å². The van der Waals surface area contributed by atoms with Gasteiger partial charge in [-0.2, -0.15) is 0 Å². The molecule has 0 aliphatic rings. The summed E-state index contributed by atoms with van der Waals surface area (Å²) in [6.45, 7) is 3.42. The Morgan fingerprint density at radius 2 is 1.27 bits per heavy atom. The van der Waals surface area contributed by atoms with Crippen LogP contribution in [0.1, 0.15) is 71.1 Å². The molecular formula is C20H35NO. The number of anilines is 1. The molecule has 0 bridgehead atoms. The number of nitrogens with zero attached hydrogens (tertiary/aromatic N) is 1. The summed E-state index contributed by atoms with van der Waals surface area (Å²) in [6, 6.07) is 8.33. The summed E-state index contributed by atoms with van der Waals surface area (Å²) in [5.74, 6) is 0.927. The highest BCUT2D eigenvalue weighted by molar-refractivity contribution is 5.48. The predicted octanol–water partition coefficient (Wildman–Crippen LogP) is 6.05. The molecule has 0 aliphatic heterocycles. The number of hydrogen-bond donors (Lipinski definition) is 0. The van der Waals surface area contributed by atoms with Gasteiger partial charge in [-0.15, -0.1) is 0 Å². The molecular weight excluding hydrogens is 270 g/mol. The maximum absolute atomic E-state index is 5.20. The Balaban J connectivity index is 1.99. The first-order valence-electron chi connectivity index (χ1n) is 9.13. The van der Waals surface area contributed by atoms with Gasteiger partial charge in [0.05, 0.1) is 7.11 Å². The first-order chi connectivity index (χ1) is 10.8. The Hall–Kier alpha value is -1.18. The standard InChI is InChI=1S/C20H35NO/c1-4-5-6-7-8-9-10-11-12-13-18-21(2)19-14-16-20(22-3)17-15-19/h14-17H,4-13,18H2,1-3H3. The van der Waals surface area contributed by atoms with Gasteiger partial charge >= 0.3 is 0 Å².